The number of urea groups is 1. The number of nitrogens with zero attached hydrogens (tertiary/aromatic N) is 3. The number of carboxylic acid groups (broad SMARTS) is 2. The van der Waals surface area contributed by atoms with Crippen LogP contribution in [0.1, 0.15) is 51.9 Å². The van der Waals surface area contributed by atoms with Crippen LogP contribution in [0.2, 0.25) is 0 Å². The zero-order valence-corrected chi connectivity index (χ0v) is 27.3. The maximum absolute atomic E-state index is 12.4. The van der Waals surface area contributed by atoms with Crippen LogP contribution in [0, 0.1) is 22.7 Å². The van der Waals surface area contributed by atoms with E-state index in [1.165, 1.54) is 21.4 Å². The monoisotopic (exact) mass is 653 g/mol. The van der Waals surface area contributed by atoms with Crippen molar-refractivity contribution in [2.24, 2.45) is 28.4 Å². The van der Waals surface area contributed by atoms with Gasteiger partial charge in [0, 0.05) is 31.6 Å². The number of carbonyl (C=O) groups excluding carboxylic acids is 1. The van der Waals surface area contributed by atoms with Gasteiger partial charge in [-0.15, -0.1) is 11.3 Å². The highest BCUT2D eigenvalue weighted by molar-refractivity contribution is 7.14. The van der Waals surface area contributed by atoms with E-state index in [4.69, 9.17) is 10.1 Å². The molecule has 2 amide bonds. The van der Waals surface area contributed by atoms with Crippen LogP contribution in [0.5, 0.6) is 0 Å². The zero-order chi connectivity index (χ0) is 32.0. The van der Waals surface area contributed by atoms with E-state index in [1.807, 2.05) is 11.4 Å². The maximum atomic E-state index is 12.4. The van der Waals surface area contributed by atoms with Gasteiger partial charge in [-0.05, 0) is 98.6 Å². The lowest BCUT2D eigenvalue weighted by Gasteiger charge is -2.46. The number of amides is 2. The molecule has 2 unspecified atom stereocenters. The normalized spacial score (nSPS) is 27.0. The SMILES string of the molecule is CC1(C(=O)O)C=CCC(C(=O)O)([C@H]2CC[C@H](CCN3CCN(c4nsc5ccccc45)CC3)CC2)C1.NC(=O)Nc1cccs1. The summed E-state index contributed by atoms with van der Waals surface area (Å²) in [6.07, 6.45) is 9.12. The van der Waals surface area contributed by atoms with Gasteiger partial charge in [0.2, 0.25) is 0 Å². The van der Waals surface area contributed by atoms with E-state index in [-0.39, 0.29) is 12.3 Å². The second-order valence-electron chi connectivity index (χ2n) is 12.8. The number of piperazine rings is 1. The quantitative estimate of drug-likeness (QED) is 0.205. The molecule has 3 aromatic rings. The van der Waals surface area contributed by atoms with E-state index >= 15 is 0 Å². The molecule has 5 N–H and O–H groups in total. The summed E-state index contributed by atoms with van der Waals surface area (Å²) in [4.78, 5) is 39.4. The minimum absolute atomic E-state index is 0.0475. The number of aromatic nitrogens is 1. The topological polar surface area (TPSA) is 149 Å². The number of hydrogen-bond acceptors (Lipinski definition) is 8. The van der Waals surface area contributed by atoms with Crippen LogP contribution in [0.4, 0.5) is 15.6 Å². The third-order valence-electron chi connectivity index (χ3n) is 9.84. The standard InChI is InChI=1S/C28H37N3O4S.C5H6N2OS/c1-27(25(32)33)12-4-13-28(19-27,26(34)35)21-9-7-20(8-10-21)11-14-30-15-17-31(18-16-30)24-22-5-2-3-6-23(22)36-29-24;6-5(8)7-4-2-1-3-9-4/h2-6,12,20-21H,7-11,13-19H2,1H3,(H,32,33)(H,34,35);1-3H,(H3,6,7,8)/t20-,21-,27?,28?;. The predicted octanol–water partition coefficient (Wildman–Crippen LogP) is 6.37. The molecule has 1 aromatic carbocycles. The van der Waals surface area contributed by atoms with Crippen molar-refractivity contribution in [3.05, 3.63) is 53.9 Å². The number of rotatable bonds is 8. The van der Waals surface area contributed by atoms with Crippen molar-refractivity contribution in [2.75, 3.05) is 42.9 Å². The molecule has 0 spiro atoms. The van der Waals surface area contributed by atoms with Crippen molar-refractivity contribution in [2.45, 2.75) is 51.9 Å². The summed E-state index contributed by atoms with van der Waals surface area (Å²) >= 11 is 3.01. The van der Waals surface area contributed by atoms with Crippen molar-refractivity contribution >= 4 is 61.7 Å². The van der Waals surface area contributed by atoms with Crippen LogP contribution >= 0.6 is 22.9 Å². The summed E-state index contributed by atoms with van der Waals surface area (Å²) in [6.45, 7) is 6.83. The van der Waals surface area contributed by atoms with Crippen LogP contribution in [0.3, 0.4) is 0 Å². The Labute approximate surface area is 272 Å². The summed E-state index contributed by atoms with van der Waals surface area (Å²) < 4.78 is 5.96. The summed E-state index contributed by atoms with van der Waals surface area (Å²) in [5.41, 5.74) is 2.79. The Kier molecular flexibility index (Phi) is 10.5. The molecule has 0 bridgehead atoms. The largest absolute Gasteiger partial charge is 0.481 e. The van der Waals surface area contributed by atoms with Crippen LogP contribution in [-0.2, 0) is 9.59 Å². The maximum Gasteiger partial charge on any atom is 0.317 e. The summed E-state index contributed by atoms with van der Waals surface area (Å²) in [5, 5.41) is 26.3. The fraction of sp³-hybridized carbons (Fsp3) is 0.515. The Hall–Kier alpha value is -3.48. The van der Waals surface area contributed by atoms with Crippen molar-refractivity contribution in [3.8, 4) is 0 Å². The fourth-order valence-corrected chi connectivity index (χ4v) is 8.65. The number of hydrogen-bond donors (Lipinski definition) is 4. The van der Waals surface area contributed by atoms with Crippen molar-refractivity contribution < 1.29 is 24.6 Å². The van der Waals surface area contributed by atoms with Crippen molar-refractivity contribution in [1.29, 1.82) is 0 Å². The van der Waals surface area contributed by atoms with E-state index in [2.05, 4.69) is 39.4 Å². The lowest BCUT2D eigenvalue weighted by molar-refractivity contribution is -0.161. The van der Waals surface area contributed by atoms with Gasteiger partial charge in [0.25, 0.3) is 0 Å². The van der Waals surface area contributed by atoms with E-state index in [9.17, 15) is 24.6 Å². The number of anilines is 2. The zero-order valence-electron chi connectivity index (χ0n) is 25.7. The summed E-state index contributed by atoms with van der Waals surface area (Å²) in [5.74, 6) is 0.0378. The molecule has 2 aromatic heterocycles. The van der Waals surface area contributed by atoms with Crippen LogP contribution in [0.15, 0.2) is 53.9 Å². The molecule has 1 saturated heterocycles. The Morgan fingerprint density at radius 1 is 1.02 bits per heavy atom. The van der Waals surface area contributed by atoms with Crippen LogP contribution in [0.25, 0.3) is 10.1 Å². The number of carboxylic acids is 2. The van der Waals surface area contributed by atoms with E-state index < -0.39 is 28.8 Å². The highest BCUT2D eigenvalue weighted by Gasteiger charge is 2.53. The lowest BCUT2D eigenvalue weighted by Crippen LogP contribution is -2.48. The number of nitrogens with one attached hydrogen (secondary N) is 1. The Morgan fingerprint density at radius 2 is 1.76 bits per heavy atom. The first kappa shape index (κ1) is 32.9. The number of carbonyl (C=O) groups is 3. The summed E-state index contributed by atoms with van der Waals surface area (Å²) in [7, 11) is 0. The van der Waals surface area contributed by atoms with Gasteiger partial charge >= 0.3 is 18.0 Å². The third-order valence-corrected chi connectivity index (χ3v) is 11.4. The highest BCUT2D eigenvalue weighted by Crippen LogP contribution is 2.52. The lowest BCUT2D eigenvalue weighted by atomic mass is 9.57. The van der Waals surface area contributed by atoms with Crippen LogP contribution < -0.4 is 16.0 Å². The number of nitrogens with two attached hydrogens (primary N) is 1. The van der Waals surface area contributed by atoms with Gasteiger partial charge in [-0.1, -0.05) is 37.1 Å². The van der Waals surface area contributed by atoms with Crippen molar-refractivity contribution in [3.63, 3.8) is 0 Å². The number of primary amides is 1. The first-order chi connectivity index (χ1) is 21.6. The Balaban J connectivity index is 0.000000383. The molecule has 3 aliphatic rings. The van der Waals surface area contributed by atoms with Gasteiger partial charge in [-0.25, -0.2) is 4.79 Å². The molecule has 0 radical (unpaired) electrons. The molecule has 2 atom stereocenters. The second kappa shape index (κ2) is 14.3. The number of thiophene rings is 1. The minimum atomic E-state index is -1.10. The summed E-state index contributed by atoms with van der Waals surface area (Å²) in [6, 6.07) is 11.6. The fourth-order valence-electron chi connectivity index (χ4n) is 7.24. The highest BCUT2D eigenvalue weighted by atomic mass is 32.1. The average molecular weight is 654 g/mol. The van der Waals surface area contributed by atoms with E-state index in [0.717, 1.165) is 75.6 Å². The molecular weight excluding hydrogens is 611 g/mol. The molecule has 6 rings (SSSR count). The minimum Gasteiger partial charge on any atom is -0.481 e. The van der Waals surface area contributed by atoms with Gasteiger partial charge in [0.05, 0.1) is 20.5 Å². The molecule has 1 saturated carbocycles. The predicted molar refractivity (Wildman–Crippen MR) is 180 cm³/mol. The third kappa shape index (κ3) is 7.67. The second-order valence-corrected chi connectivity index (χ2v) is 14.5. The number of aliphatic carboxylic acids is 2. The average Bonchev–Trinajstić information content (AvgIpc) is 3.71. The Morgan fingerprint density at radius 3 is 2.40 bits per heavy atom. The smallest absolute Gasteiger partial charge is 0.317 e. The first-order valence-electron chi connectivity index (χ1n) is 15.7. The molecule has 3 heterocycles. The van der Waals surface area contributed by atoms with Gasteiger partial charge in [-0.3, -0.25) is 19.8 Å². The number of fused-ring (bicyclic) bond motifs is 1. The van der Waals surface area contributed by atoms with Gasteiger partial charge < -0.3 is 20.8 Å². The van der Waals surface area contributed by atoms with Crippen LogP contribution in [-0.4, -0.2) is 70.2 Å². The molecular formula is C33H43N5O5S2. The number of benzene rings is 1. The number of allylic oxidation sites excluding steroid dienone is 1. The van der Waals surface area contributed by atoms with E-state index in [1.54, 1.807) is 36.7 Å². The molecule has 1 aliphatic heterocycles. The molecule has 242 valence electrons. The Bertz CT molecular complexity index is 1490. The van der Waals surface area contributed by atoms with Crippen molar-refractivity contribution in [1.82, 2.24) is 9.27 Å². The van der Waals surface area contributed by atoms with Gasteiger partial charge in [0.1, 0.15) is 5.82 Å². The first-order valence-corrected chi connectivity index (χ1v) is 17.3. The molecule has 2 aliphatic carbocycles. The van der Waals surface area contributed by atoms with Gasteiger partial charge in [-0.2, -0.15) is 4.37 Å². The molecule has 45 heavy (non-hydrogen) atoms. The molecule has 10 nitrogen and oxygen atoms in total. The van der Waals surface area contributed by atoms with E-state index in [0.29, 0.717) is 12.3 Å². The molecule has 12 heteroatoms. The van der Waals surface area contributed by atoms with Gasteiger partial charge in [0.15, 0.2) is 0 Å². The molecule has 2 fully saturated rings.